The predicted octanol–water partition coefficient (Wildman–Crippen LogP) is 11.2. The molecular weight excluding hydrogens is 601 g/mol. The lowest BCUT2D eigenvalue weighted by atomic mass is 10.1. The van der Waals surface area contributed by atoms with E-state index in [2.05, 4.69) is 47.4 Å². The summed E-state index contributed by atoms with van der Waals surface area (Å²) in [6, 6.07) is 0. The molecular formula is C44H92N4O. The van der Waals surface area contributed by atoms with E-state index in [1.807, 2.05) is 0 Å². The fourth-order valence-corrected chi connectivity index (χ4v) is 7.67. The van der Waals surface area contributed by atoms with Crippen molar-refractivity contribution in [3.8, 4) is 0 Å². The van der Waals surface area contributed by atoms with E-state index in [1.54, 1.807) is 0 Å². The van der Waals surface area contributed by atoms with Crippen LogP contribution >= 0.6 is 0 Å². The molecule has 0 spiro atoms. The topological polar surface area (TPSA) is 33.2 Å². The molecule has 1 fully saturated rings. The van der Waals surface area contributed by atoms with Gasteiger partial charge < -0.3 is 14.9 Å². The molecule has 294 valence electrons. The zero-order valence-corrected chi connectivity index (χ0v) is 34.4. The van der Waals surface area contributed by atoms with Gasteiger partial charge in [-0.25, -0.2) is 0 Å². The zero-order valence-electron chi connectivity index (χ0n) is 34.4. The Morgan fingerprint density at radius 2 is 0.776 bits per heavy atom. The molecule has 1 N–H and O–H groups in total. The van der Waals surface area contributed by atoms with Crippen LogP contribution in [-0.2, 0) is 0 Å². The average Bonchev–Trinajstić information content (AvgIpc) is 3.10. The number of rotatable bonds is 38. The van der Waals surface area contributed by atoms with Gasteiger partial charge in [0.1, 0.15) is 0 Å². The van der Waals surface area contributed by atoms with Crippen LogP contribution in [0.15, 0.2) is 0 Å². The summed E-state index contributed by atoms with van der Waals surface area (Å²) in [4.78, 5) is 10.5. The summed E-state index contributed by atoms with van der Waals surface area (Å²) in [5.74, 6) is 0. The molecule has 0 radical (unpaired) electrons. The number of aliphatic hydroxyl groups is 1. The third kappa shape index (κ3) is 31.1. The molecule has 1 unspecified atom stereocenters. The lowest BCUT2D eigenvalue weighted by molar-refractivity contribution is 0.0859. The summed E-state index contributed by atoms with van der Waals surface area (Å²) < 4.78 is 0. The van der Waals surface area contributed by atoms with Gasteiger partial charge in [0, 0.05) is 45.8 Å². The van der Waals surface area contributed by atoms with E-state index in [0.717, 1.165) is 32.6 Å². The third-order valence-corrected chi connectivity index (χ3v) is 11.3. The smallest absolute Gasteiger partial charge is 0.0667 e. The first-order valence-corrected chi connectivity index (χ1v) is 22.6. The maximum Gasteiger partial charge on any atom is 0.0667 e. The molecule has 5 nitrogen and oxygen atoms in total. The summed E-state index contributed by atoms with van der Waals surface area (Å²) in [5, 5.41) is 11.0. The van der Waals surface area contributed by atoms with Gasteiger partial charge >= 0.3 is 0 Å². The van der Waals surface area contributed by atoms with Gasteiger partial charge in [-0.15, -0.1) is 0 Å². The Kier molecular flexibility index (Phi) is 34.6. The third-order valence-electron chi connectivity index (χ3n) is 11.3. The Labute approximate surface area is 309 Å². The van der Waals surface area contributed by atoms with Crippen molar-refractivity contribution >= 4 is 0 Å². The molecule has 0 aliphatic carbocycles. The first-order valence-electron chi connectivity index (χ1n) is 22.6. The largest absolute Gasteiger partial charge is 0.392 e. The number of hydrogen-bond acceptors (Lipinski definition) is 5. The van der Waals surface area contributed by atoms with Crippen LogP contribution in [0.25, 0.3) is 0 Å². The molecule has 0 aromatic rings. The van der Waals surface area contributed by atoms with Crippen molar-refractivity contribution < 1.29 is 5.11 Å². The van der Waals surface area contributed by atoms with E-state index in [0.29, 0.717) is 0 Å². The molecule has 0 saturated carbocycles. The standard InChI is InChI=1S/C44H92N4O/c1-5-8-11-14-17-20-23-27-32-44(49)43-48(42-41-47-39-37-45(4)38-40-47)36-31-26-30-35-46(33-28-24-21-18-15-12-9-6-2)34-29-25-22-19-16-13-10-7-3/h44,49H,5-43H2,1-4H3. The van der Waals surface area contributed by atoms with E-state index < -0.39 is 0 Å². The van der Waals surface area contributed by atoms with Gasteiger partial charge in [-0.3, -0.25) is 9.80 Å². The van der Waals surface area contributed by atoms with Gasteiger partial charge in [-0.1, -0.05) is 168 Å². The highest BCUT2D eigenvalue weighted by Crippen LogP contribution is 2.14. The van der Waals surface area contributed by atoms with Crippen LogP contribution in [0, 0.1) is 0 Å². The summed E-state index contributed by atoms with van der Waals surface area (Å²) in [6.07, 6.45) is 38.1. The predicted molar refractivity (Wildman–Crippen MR) is 219 cm³/mol. The zero-order chi connectivity index (χ0) is 35.5. The summed E-state index contributed by atoms with van der Waals surface area (Å²) in [5.41, 5.74) is 0. The first-order chi connectivity index (χ1) is 24.1. The number of aliphatic hydroxyl groups excluding tert-OH is 1. The van der Waals surface area contributed by atoms with Gasteiger partial charge in [-0.2, -0.15) is 0 Å². The maximum atomic E-state index is 11.0. The Hall–Kier alpha value is -0.200. The molecule has 0 aromatic carbocycles. The molecule has 0 aromatic heterocycles. The highest BCUT2D eigenvalue weighted by molar-refractivity contribution is 4.73. The molecule has 49 heavy (non-hydrogen) atoms. The first kappa shape index (κ1) is 46.8. The van der Waals surface area contributed by atoms with Crippen LogP contribution in [0.2, 0.25) is 0 Å². The second-order valence-electron chi connectivity index (χ2n) is 16.2. The van der Waals surface area contributed by atoms with Gasteiger partial charge in [0.25, 0.3) is 0 Å². The Morgan fingerprint density at radius 3 is 1.20 bits per heavy atom. The minimum Gasteiger partial charge on any atom is -0.392 e. The second-order valence-corrected chi connectivity index (χ2v) is 16.2. The SMILES string of the molecule is CCCCCCCCCCC(O)CN(CCCCCN(CCCCCCCCCC)CCCCCCCCCC)CCN1CCN(C)CC1. The van der Waals surface area contributed by atoms with Gasteiger partial charge in [-0.05, 0) is 65.3 Å². The molecule has 5 heteroatoms. The molecule has 1 aliphatic rings. The van der Waals surface area contributed by atoms with Gasteiger partial charge in [0.15, 0.2) is 0 Å². The quantitative estimate of drug-likeness (QED) is 0.0651. The molecule has 1 heterocycles. The monoisotopic (exact) mass is 693 g/mol. The fourth-order valence-electron chi connectivity index (χ4n) is 7.67. The highest BCUT2D eigenvalue weighted by Gasteiger charge is 2.17. The van der Waals surface area contributed by atoms with Crippen LogP contribution in [0.3, 0.4) is 0 Å². The maximum absolute atomic E-state index is 11.0. The van der Waals surface area contributed by atoms with Crippen LogP contribution in [-0.4, -0.2) is 110 Å². The average molecular weight is 693 g/mol. The molecule has 0 bridgehead atoms. The Bertz CT molecular complexity index is 620. The van der Waals surface area contributed by atoms with Crippen molar-refractivity contribution in [1.82, 2.24) is 19.6 Å². The molecule has 0 amide bonds. The lowest BCUT2D eigenvalue weighted by Gasteiger charge is -2.34. The molecule has 1 rings (SSSR count). The van der Waals surface area contributed by atoms with Crippen molar-refractivity contribution in [1.29, 1.82) is 0 Å². The minimum absolute atomic E-state index is 0.165. The Balaban J connectivity index is 2.42. The number of likely N-dealkylation sites (N-methyl/N-ethyl adjacent to an activating group) is 1. The van der Waals surface area contributed by atoms with Crippen molar-refractivity contribution in [2.45, 2.75) is 207 Å². The van der Waals surface area contributed by atoms with E-state index in [4.69, 9.17) is 0 Å². The van der Waals surface area contributed by atoms with Gasteiger partial charge in [0.2, 0.25) is 0 Å². The van der Waals surface area contributed by atoms with Crippen LogP contribution < -0.4 is 0 Å². The fraction of sp³-hybridized carbons (Fsp3) is 1.00. The number of unbranched alkanes of at least 4 members (excludes halogenated alkanes) is 23. The van der Waals surface area contributed by atoms with Crippen LogP contribution in [0.1, 0.15) is 201 Å². The normalized spacial score (nSPS) is 15.2. The number of nitrogens with zero attached hydrogens (tertiary/aromatic N) is 4. The van der Waals surface area contributed by atoms with Crippen molar-refractivity contribution in [3.05, 3.63) is 0 Å². The van der Waals surface area contributed by atoms with Crippen molar-refractivity contribution in [2.75, 3.05) is 79.0 Å². The van der Waals surface area contributed by atoms with E-state index in [-0.39, 0.29) is 6.10 Å². The number of hydrogen-bond donors (Lipinski definition) is 1. The summed E-state index contributed by atoms with van der Waals surface area (Å²) in [7, 11) is 2.25. The molecule has 1 saturated heterocycles. The lowest BCUT2D eigenvalue weighted by Crippen LogP contribution is -2.47. The van der Waals surface area contributed by atoms with Crippen molar-refractivity contribution in [2.24, 2.45) is 0 Å². The van der Waals surface area contributed by atoms with Crippen LogP contribution in [0.5, 0.6) is 0 Å². The summed E-state index contributed by atoms with van der Waals surface area (Å²) >= 11 is 0. The van der Waals surface area contributed by atoms with E-state index in [1.165, 1.54) is 219 Å². The van der Waals surface area contributed by atoms with Crippen molar-refractivity contribution in [3.63, 3.8) is 0 Å². The highest BCUT2D eigenvalue weighted by atomic mass is 16.3. The van der Waals surface area contributed by atoms with E-state index in [9.17, 15) is 5.11 Å². The minimum atomic E-state index is -0.165. The van der Waals surface area contributed by atoms with Crippen LogP contribution in [0.4, 0.5) is 0 Å². The summed E-state index contributed by atoms with van der Waals surface area (Å²) in [6.45, 7) is 19.9. The Morgan fingerprint density at radius 1 is 0.429 bits per heavy atom. The van der Waals surface area contributed by atoms with E-state index >= 15 is 0 Å². The molecule has 1 aliphatic heterocycles. The second kappa shape index (κ2) is 36.2. The number of piperazine rings is 1. The molecule has 1 atom stereocenters. The van der Waals surface area contributed by atoms with Gasteiger partial charge in [0.05, 0.1) is 6.10 Å².